The lowest BCUT2D eigenvalue weighted by Gasteiger charge is -2.10. The average Bonchev–Trinajstić information content (AvgIpc) is 2.30. The molecule has 0 aliphatic rings. The summed E-state index contributed by atoms with van der Waals surface area (Å²) >= 11 is 3.40. The van der Waals surface area contributed by atoms with Crippen molar-refractivity contribution in [2.24, 2.45) is 0 Å². The third kappa shape index (κ3) is 2.49. The molecule has 0 amide bonds. The first-order valence-corrected chi connectivity index (χ1v) is 5.58. The number of nitrogen functional groups attached to an aromatic ring is 1. The minimum absolute atomic E-state index is 0.628. The Morgan fingerprint density at radius 3 is 2.62 bits per heavy atom. The summed E-state index contributed by atoms with van der Waals surface area (Å²) in [5, 5.41) is 3.26. The fourth-order valence-corrected chi connectivity index (χ4v) is 1.81. The van der Waals surface area contributed by atoms with Crippen molar-refractivity contribution in [1.29, 1.82) is 0 Å². The molecule has 0 unspecified atom stereocenters. The quantitative estimate of drug-likeness (QED) is 0.905. The number of anilines is 2. The van der Waals surface area contributed by atoms with Crippen LogP contribution < -0.4 is 11.1 Å². The van der Waals surface area contributed by atoms with E-state index in [1.165, 1.54) is 0 Å². The second-order valence-corrected chi connectivity index (χ2v) is 4.15. The third-order valence-corrected chi connectivity index (χ3v) is 2.75. The maximum atomic E-state index is 5.82. The molecule has 5 heteroatoms. The lowest BCUT2D eigenvalue weighted by Crippen LogP contribution is -2.03. The van der Waals surface area contributed by atoms with E-state index in [0.29, 0.717) is 12.2 Å². The predicted octanol–water partition coefficient (Wildman–Crippen LogP) is 2.43. The van der Waals surface area contributed by atoms with Crippen LogP contribution in [0.4, 0.5) is 11.4 Å². The van der Waals surface area contributed by atoms with Crippen LogP contribution >= 0.6 is 15.9 Å². The van der Waals surface area contributed by atoms with E-state index in [4.69, 9.17) is 5.73 Å². The topological polar surface area (TPSA) is 63.8 Å². The Bertz CT molecular complexity index is 452. The first kappa shape index (κ1) is 10.9. The molecule has 0 aliphatic carbocycles. The first-order valence-electron chi connectivity index (χ1n) is 4.79. The van der Waals surface area contributed by atoms with Crippen LogP contribution in [0, 0.1) is 0 Å². The number of nitrogens with zero attached hydrogens (tertiary/aromatic N) is 2. The van der Waals surface area contributed by atoms with E-state index in [1.54, 1.807) is 24.8 Å². The molecule has 0 saturated carbocycles. The number of nitrogens with one attached hydrogen (secondary N) is 1. The van der Waals surface area contributed by atoms with Crippen LogP contribution in [0.3, 0.4) is 0 Å². The number of halogens is 1. The minimum Gasteiger partial charge on any atom is -0.396 e. The van der Waals surface area contributed by atoms with Gasteiger partial charge in [0, 0.05) is 25.1 Å². The third-order valence-electron chi connectivity index (χ3n) is 2.15. The minimum atomic E-state index is 0.628. The summed E-state index contributed by atoms with van der Waals surface area (Å²) in [6.45, 7) is 0.704. The van der Waals surface area contributed by atoms with Crippen LogP contribution in [-0.2, 0) is 6.54 Å². The number of pyridine rings is 2. The van der Waals surface area contributed by atoms with Crippen molar-refractivity contribution >= 4 is 27.3 Å². The molecule has 0 radical (unpaired) electrons. The average molecular weight is 279 g/mol. The highest BCUT2D eigenvalue weighted by atomic mass is 79.9. The van der Waals surface area contributed by atoms with Gasteiger partial charge >= 0.3 is 0 Å². The van der Waals surface area contributed by atoms with Gasteiger partial charge in [0.05, 0.1) is 22.0 Å². The van der Waals surface area contributed by atoms with Gasteiger partial charge in [-0.05, 0) is 33.6 Å². The molecule has 82 valence electrons. The van der Waals surface area contributed by atoms with Gasteiger partial charge in [-0.2, -0.15) is 0 Å². The van der Waals surface area contributed by atoms with Gasteiger partial charge in [-0.3, -0.25) is 9.97 Å². The van der Waals surface area contributed by atoms with Crippen molar-refractivity contribution in [3.63, 3.8) is 0 Å². The molecule has 16 heavy (non-hydrogen) atoms. The predicted molar refractivity (Wildman–Crippen MR) is 67.9 cm³/mol. The van der Waals surface area contributed by atoms with Crippen LogP contribution in [0.1, 0.15) is 5.56 Å². The zero-order chi connectivity index (χ0) is 11.4. The Morgan fingerprint density at radius 2 is 1.94 bits per heavy atom. The molecule has 0 fully saturated rings. The second-order valence-electron chi connectivity index (χ2n) is 3.29. The van der Waals surface area contributed by atoms with Gasteiger partial charge in [-0.15, -0.1) is 0 Å². The largest absolute Gasteiger partial charge is 0.396 e. The summed E-state index contributed by atoms with van der Waals surface area (Å²) in [7, 11) is 0. The Labute approximate surface area is 102 Å². The summed E-state index contributed by atoms with van der Waals surface area (Å²) in [6, 6.07) is 3.91. The molecule has 2 aromatic rings. The zero-order valence-corrected chi connectivity index (χ0v) is 10.1. The van der Waals surface area contributed by atoms with Gasteiger partial charge in [0.1, 0.15) is 0 Å². The monoisotopic (exact) mass is 278 g/mol. The molecule has 0 saturated heterocycles. The molecule has 0 aromatic carbocycles. The highest BCUT2D eigenvalue weighted by Gasteiger charge is 2.03. The molecule has 0 bridgehead atoms. The Morgan fingerprint density at radius 1 is 1.19 bits per heavy atom. The summed E-state index contributed by atoms with van der Waals surface area (Å²) in [6.07, 6.45) is 6.87. The lowest BCUT2D eigenvalue weighted by molar-refractivity contribution is 1.12. The number of aromatic nitrogens is 2. The normalized spacial score (nSPS) is 10.1. The molecule has 2 aromatic heterocycles. The van der Waals surface area contributed by atoms with Crippen LogP contribution in [-0.4, -0.2) is 9.97 Å². The molecular formula is C11H11BrN4. The zero-order valence-electron chi connectivity index (χ0n) is 8.52. The summed E-state index contributed by atoms with van der Waals surface area (Å²) < 4.78 is 0.863. The van der Waals surface area contributed by atoms with Gasteiger partial charge in [0.2, 0.25) is 0 Å². The SMILES string of the molecule is Nc1cncc(Br)c1NCc1ccncc1. The molecule has 2 heterocycles. The van der Waals surface area contributed by atoms with Crippen molar-refractivity contribution in [2.45, 2.75) is 6.54 Å². The number of rotatable bonds is 3. The number of nitrogens with two attached hydrogens (primary N) is 1. The van der Waals surface area contributed by atoms with E-state index in [2.05, 4.69) is 31.2 Å². The summed E-state index contributed by atoms with van der Waals surface area (Å²) in [5.74, 6) is 0. The van der Waals surface area contributed by atoms with Gasteiger partial charge < -0.3 is 11.1 Å². The van der Waals surface area contributed by atoms with Crippen molar-refractivity contribution < 1.29 is 0 Å². The number of hydrogen-bond acceptors (Lipinski definition) is 4. The van der Waals surface area contributed by atoms with Gasteiger partial charge in [0.25, 0.3) is 0 Å². The molecule has 3 N–H and O–H groups in total. The highest BCUT2D eigenvalue weighted by molar-refractivity contribution is 9.10. The van der Waals surface area contributed by atoms with E-state index >= 15 is 0 Å². The van der Waals surface area contributed by atoms with Crippen molar-refractivity contribution in [3.8, 4) is 0 Å². The fourth-order valence-electron chi connectivity index (χ4n) is 1.33. The first-order chi connectivity index (χ1) is 7.77. The summed E-state index contributed by atoms with van der Waals surface area (Å²) in [4.78, 5) is 7.94. The van der Waals surface area contributed by atoms with Gasteiger partial charge in [0.15, 0.2) is 0 Å². The van der Waals surface area contributed by atoms with E-state index in [0.717, 1.165) is 15.7 Å². The molecular weight excluding hydrogens is 268 g/mol. The summed E-state index contributed by atoms with van der Waals surface area (Å²) in [5.41, 5.74) is 8.46. The van der Waals surface area contributed by atoms with Crippen LogP contribution in [0.25, 0.3) is 0 Å². The van der Waals surface area contributed by atoms with Crippen LogP contribution in [0.2, 0.25) is 0 Å². The van der Waals surface area contributed by atoms with Crippen molar-refractivity contribution in [2.75, 3.05) is 11.1 Å². The Hall–Kier alpha value is -1.62. The Balaban J connectivity index is 2.11. The standard InChI is InChI=1S/C11H11BrN4/c12-9-6-15-7-10(13)11(9)16-5-8-1-3-14-4-2-8/h1-4,6-7H,5,13H2,(H,15,16). The maximum Gasteiger partial charge on any atom is 0.0752 e. The highest BCUT2D eigenvalue weighted by Crippen LogP contribution is 2.27. The van der Waals surface area contributed by atoms with E-state index in [9.17, 15) is 0 Å². The van der Waals surface area contributed by atoms with Gasteiger partial charge in [-0.1, -0.05) is 0 Å². The molecule has 0 aliphatic heterocycles. The fraction of sp³-hybridized carbons (Fsp3) is 0.0909. The molecule has 0 spiro atoms. The Kier molecular flexibility index (Phi) is 3.36. The van der Waals surface area contributed by atoms with Crippen LogP contribution in [0.5, 0.6) is 0 Å². The van der Waals surface area contributed by atoms with E-state index in [-0.39, 0.29) is 0 Å². The molecule has 4 nitrogen and oxygen atoms in total. The maximum absolute atomic E-state index is 5.82. The molecule has 2 rings (SSSR count). The van der Waals surface area contributed by atoms with E-state index < -0.39 is 0 Å². The van der Waals surface area contributed by atoms with E-state index in [1.807, 2.05) is 12.1 Å². The lowest BCUT2D eigenvalue weighted by atomic mass is 10.2. The smallest absolute Gasteiger partial charge is 0.0752 e. The van der Waals surface area contributed by atoms with Crippen molar-refractivity contribution in [1.82, 2.24) is 9.97 Å². The number of hydrogen-bond donors (Lipinski definition) is 2. The second kappa shape index (κ2) is 4.94. The molecule has 0 atom stereocenters. The van der Waals surface area contributed by atoms with Crippen molar-refractivity contribution in [3.05, 3.63) is 47.0 Å². The van der Waals surface area contributed by atoms with Gasteiger partial charge in [-0.25, -0.2) is 0 Å². The van der Waals surface area contributed by atoms with Crippen LogP contribution in [0.15, 0.2) is 41.4 Å².